The van der Waals surface area contributed by atoms with Gasteiger partial charge in [-0.25, -0.2) is 0 Å². The summed E-state index contributed by atoms with van der Waals surface area (Å²) in [6.45, 7) is 0.564. The van der Waals surface area contributed by atoms with Crippen molar-refractivity contribution < 1.29 is 4.92 Å². The third-order valence-electron chi connectivity index (χ3n) is 4.20. The number of hydrogen-bond acceptors (Lipinski definition) is 4. The van der Waals surface area contributed by atoms with Crippen LogP contribution in [0.4, 0.5) is 0 Å². The number of rotatable bonds is 4. The average Bonchev–Trinajstić information content (AvgIpc) is 2.54. The van der Waals surface area contributed by atoms with Crippen molar-refractivity contribution in [2.75, 3.05) is 0 Å². The van der Waals surface area contributed by atoms with Crippen molar-refractivity contribution in [3.8, 4) is 0 Å². The molecule has 0 spiro atoms. The summed E-state index contributed by atoms with van der Waals surface area (Å²) < 4.78 is 0.792. The molecule has 2 aliphatic rings. The van der Waals surface area contributed by atoms with E-state index in [1.165, 1.54) is 0 Å². The molecule has 0 radical (unpaired) electrons. The maximum absolute atomic E-state index is 11.5. The highest BCUT2D eigenvalue weighted by atomic mass is 79.9. The SMILES string of the molecule is NC1C=C2C(=C(Br)C=C([N+](=O)[O-])C2NCc2ccccc2)CC1. The fraction of sp³-hybridized carbons (Fsp3) is 0.294. The highest BCUT2D eigenvalue weighted by Crippen LogP contribution is 2.38. The normalized spacial score (nSPS) is 23.9. The van der Waals surface area contributed by atoms with Gasteiger partial charge in [-0.2, -0.15) is 0 Å². The van der Waals surface area contributed by atoms with Crippen molar-refractivity contribution in [3.05, 3.63) is 79.5 Å². The molecule has 3 N–H and O–H groups in total. The first-order valence-electron chi connectivity index (χ1n) is 7.56. The Morgan fingerprint density at radius 1 is 1.35 bits per heavy atom. The van der Waals surface area contributed by atoms with E-state index in [2.05, 4.69) is 21.2 Å². The molecular formula is C17H18BrN3O2. The zero-order valence-electron chi connectivity index (χ0n) is 12.5. The van der Waals surface area contributed by atoms with Gasteiger partial charge in [0.15, 0.2) is 0 Å². The number of halogens is 1. The molecule has 1 aromatic rings. The predicted octanol–water partition coefficient (Wildman–Crippen LogP) is 3.02. The summed E-state index contributed by atoms with van der Waals surface area (Å²) in [6.07, 6.45) is 5.27. The van der Waals surface area contributed by atoms with Gasteiger partial charge in [-0.1, -0.05) is 52.3 Å². The molecule has 2 aliphatic carbocycles. The average molecular weight is 376 g/mol. The van der Waals surface area contributed by atoms with Crippen LogP contribution in [0.1, 0.15) is 18.4 Å². The first kappa shape index (κ1) is 16.1. The van der Waals surface area contributed by atoms with E-state index in [4.69, 9.17) is 5.73 Å². The summed E-state index contributed by atoms with van der Waals surface area (Å²) in [4.78, 5) is 11.2. The summed E-state index contributed by atoms with van der Waals surface area (Å²) in [5.74, 6) is 0. The highest BCUT2D eigenvalue weighted by molar-refractivity contribution is 9.11. The lowest BCUT2D eigenvalue weighted by molar-refractivity contribution is -0.429. The van der Waals surface area contributed by atoms with Crippen LogP contribution in [-0.2, 0) is 6.54 Å². The number of hydrogen-bond donors (Lipinski definition) is 2. The molecule has 5 nitrogen and oxygen atoms in total. The molecule has 0 heterocycles. The molecule has 6 heteroatoms. The number of nitrogens with one attached hydrogen (secondary N) is 1. The van der Waals surface area contributed by atoms with Gasteiger partial charge in [0.05, 0.1) is 4.92 Å². The molecule has 3 rings (SSSR count). The Labute approximate surface area is 143 Å². The molecule has 2 atom stereocenters. The van der Waals surface area contributed by atoms with Crippen LogP contribution in [0.2, 0.25) is 0 Å². The largest absolute Gasteiger partial charge is 0.324 e. The van der Waals surface area contributed by atoms with Gasteiger partial charge < -0.3 is 5.73 Å². The second-order valence-corrected chi connectivity index (χ2v) is 6.63. The van der Waals surface area contributed by atoms with Gasteiger partial charge in [0.25, 0.3) is 5.70 Å². The van der Waals surface area contributed by atoms with E-state index in [1.54, 1.807) is 6.08 Å². The Kier molecular flexibility index (Phi) is 4.75. The van der Waals surface area contributed by atoms with Gasteiger partial charge in [0.1, 0.15) is 6.04 Å². The zero-order valence-corrected chi connectivity index (χ0v) is 14.1. The minimum atomic E-state index is -0.437. The van der Waals surface area contributed by atoms with Crippen molar-refractivity contribution in [1.29, 1.82) is 0 Å². The minimum absolute atomic E-state index is 0.0545. The number of allylic oxidation sites excluding steroid dienone is 2. The van der Waals surface area contributed by atoms with Crippen molar-refractivity contribution in [1.82, 2.24) is 5.32 Å². The lowest BCUT2D eigenvalue weighted by Gasteiger charge is -2.30. The Morgan fingerprint density at radius 2 is 2.09 bits per heavy atom. The van der Waals surface area contributed by atoms with Gasteiger partial charge >= 0.3 is 0 Å². The quantitative estimate of drug-likeness (QED) is 0.625. The lowest BCUT2D eigenvalue weighted by atomic mass is 9.82. The summed E-state index contributed by atoms with van der Waals surface area (Å²) in [5.41, 5.74) is 9.33. The van der Waals surface area contributed by atoms with Crippen molar-refractivity contribution in [2.45, 2.75) is 31.5 Å². The molecule has 0 saturated carbocycles. The predicted molar refractivity (Wildman–Crippen MR) is 93.4 cm³/mol. The summed E-state index contributed by atoms with van der Waals surface area (Å²) in [7, 11) is 0. The topological polar surface area (TPSA) is 81.2 Å². The monoisotopic (exact) mass is 375 g/mol. The van der Waals surface area contributed by atoms with Gasteiger partial charge in [0, 0.05) is 23.1 Å². The van der Waals surface area contributed by atoms with Crippen molar-refractivity contribution >= 4 is 15.9 Å². The molecule has 2 unspecified atom stereocenters. The van der Waals surface area contributed by atoms with E-state index >= 15 is 0 Å². The molecule has 0 amide bonds. The van der Waals surface area contributed by atoms with Gasteiger partial charge in [0.2, 0.25) is 0 Å². The molecule has 23 heavy (non-hydrogen) atoms. The number of benzene rings is 1. The van der Waals surface area contributed by atoms with E-state index in [0.717, 1.165) is 34.0 Å². The molecule has 120 valence electrons. The lowest BCUT2D eigenvalue weighted by Crippen LogP contribution is -2.40. The first-order valence-corrected chi connectivity index (χ1v) is 8.35. The maximum Gasteiger partial charge on any atom is 0.268 e. The van der Waals surface area contributed by atoms with E-state index in [9.17, 15) is 10.1 Å². The molecule has 0 saturated heterocycles. The van der Waals surface area contributed by atoms with E-state index in [0.29, 0.717) is 6.54 Å². The van der Waals surface area contributed by atoms with Crippen molar-refractivity contribution in [3.63, 3.8) is 0 Å². The van der Waals surface area contributed by atoms with Crippen LogP contribution in [0, 0.1) is 10.1 Å². The molecule has 1 aromatic carbocycles. The van der Waals surface area contributed by atoms with Crippen LogP contribution < -0.4 is 11.1 Å². The molecule has 0 aliphatic heterocycles. The molecule has 0 bridgehead atoms. The number of nitrogens with two attached hydrogens (primary N) is 1. The van der Waals surface area contributed by atoms with Crippen LogP contribution in [-0.4, -0.2) is 17.0 Å². The van der Waals surface area contributed by atoms with Crippen LogP contribution >= 0.6 is 15.9 Å². The fourth-order valence-electron chi connectivity index (χ4n) is 3.05. The van der Waals surface area contributed by atoms with Gasteiger partial charge in [-0.15, -0.1) is 0 Å². The fourth-order valence-corrected chi connectivity index (χ4v) is 3.71. The molecular weight excluding hydrogens is 358 g/mol. The minimum Gasteiger partial charge on any atom is -0.324 e. The Hall–Kier alpha value is -1.76. The Balaban J connectivity index is 1.91. The summed E-state index contributed by atoms with van der Waals surface area (Å²) in [5, 5.41) is 14.8. The number of fused-ring (bicyclic) bond motifs is 1. The second kappa shape index (κ2) is 6.78. The van der Waals surface area contributed by atoms with Gasteiger partial charge in [-0.3, -0.25) is 15.4 Å². The highest BCUT2D eigenvalue weighted by Gasteiger charge is 2.36. The maximum atomic E-state index is 11.5. The van der Waals surface area contributed by atoms with Crippen LogP contribution in [0.3, 0.4) is 0 Å². The molecule has 0 fully saturated rings. The number of nitro groups is 1. The second-order valence-electron chi connectivity index (χ2n) is 5.78. The van der Waals surface area contributed by atoms with Gasteiger partial charge in [-0.05, 0) is 29.6 Å². The summed E-state index contributed by atoms with van der Waals surface area (Å²) >= 11 is 3.47. The van der Waals surface area contributed by atoms with Crippen LogP contribution in [0.15, 0.2) is 63.8 Å². The van der Waals surface area contributed by atoms with E-state index < -0.39 is 6.04 Å². The van der Waals surface area contributed by atoms with Crippen LogP contribution in [0.25, 0.3) is 0 Å². The Morgan fingerprint density at radius 3 is 2.78 bits per heavy atom. The third kappa shape index (κ3) is 3.44. The van der Waals surface area contributed by atoms with Crippen LogP contribution in [0.5, 0.6) is 0 Å². The Bertz CT molecular complexity index is 710. The van der Waals surface area contributed by atoms with E-state index in [-0.39, 0.29) is 16.7 Å². The summed E-state index contributed by atoms with van der Waals surface area (Å²) in [6, 6.07) is 9.37. The zero-order chi connectivity index (χ0) is 16.4. The third-order valence-corrected chi connectivity index (χ3v) is 4.91. The van der Waals surface area contributed by atoms with E-state index in [1.807, 2.05) is 36.4 Å². The molecule has 0 aromatic heterocycles. The smallest absolute Gasteiger partial charge is 0.268 e. The number of nitrogens with zero attached hydrogens (tertiary/aromatic N) is 1. The van der Waals surface area contributed by atoms with Crippen molar-refractivity contribution in [2.24, 2.45) is 5.73 Å². The first-order chi connectivity index (χ1) is 11.1. The standard InChI is InChI=1S/C17H18BrN3O2/c18-15-9-16(21(22)23)17(14-8-12(19)6-7-13(14)15)20-10-11-4-2-1-3-5-11/h1-5,8-9,12,17,20H,6-7,10,19H2.